The lowest BCUT2D eigenvalue weighted by molar-refractivity contribution is -0.146. The van der Waals surface area contributed by atoms with Gasteiger partial charge in [-0.3, -0.25) is 9.59 Å². The standard InChI is InChI=1S/C19H38N2O2.C16H32N2O2/c1-3-5-10-18(4-2)17-23-19(22)11-13-20-12-9-16-21-14-7-6-8-15-21;1-4-6-7-15(5-2)14-20-16(19)8-9-18-12-10-17(3)11-13-18/h18,20H,3-17H2,1-2H3;15H,4-14H2,1-3H3. The third-order valence-electron chi connectivity index (χ3n) is 9.06. The predicted molar refractivity (Wildman–Crippen MR) is 179 cm³/mol. The first-order valence-corrected chi connectivity index (χ1v) is 18.1. The van der Waals surface area contributed by atoms with Crippen molar-refractivity contribution in [3.8, 4) is 0 Å². The molecule has 2 aliphatic rings. The summed E-state index contributed by atoms with van der Waals surface area (Å²) < 4.78 is 10.8. The van der Waals surface area contributed by atoms with Gasteiger partial charge in [0.15, 0.2) is 0 Å². The van der Waals surface area contributed by atoms with Crippen molar-refractivity contribution in [2.75, 3.05) is 85.7 Å². The number of rotatable bonds is 22. The second kappa shape index (κ2) is 27.1. The van der Waals surface area contributed by atoms with E-state index in [1.807, 2.05) is 0 Å². The highest BCUT2D eigenvalue weighted by molar-refractivity contribution is 5.69. The highest BCUT2D eigenvalue weighted by Gasteiger charge is 2.16. The van der Waals surface area contributed by atoms with Gasteiger partial charge < -0.3 is 29.5 Å². The Morgan fingerprint density at radius 2 is 1.19 bits per heavy atom. The van der Waals surface area contributed by atoms with Crippen LogP contribution in [-0.4, -0.2) is 112 Å². The lowest BCUT2D eigenvalue weighted by atomic mass is 10.0. The van der Waals surface area contributed by atoms with Crippen LogP contribution in [0.2, 0.25) is 0 Å². The van der Waals surface area contributed by atoms with Gasteiger partial charge in [0.1, 0.15) is 0 Å². The Kier molecular flexibility index (Phi) is 25.1. The van der Waals surface area contributed by atoms with Crippen LogP contribution >= 0.6 is 0 Å². The van der Waals surface area contributed by atoms with E-state index in [2.05, 4.69) is 54.8 Å². The summed E-state index contributed by atoms with van der Waals surface area (Å²) in [5, 5.41) is 3.36. The number of carbonyl (C=O) groups is 2. The number of hydrogen-bond donors (Lipinski definition) is 1. The number of likely N-dealkylation sites (tertiary alicyclic amines) is 1. The number of carbonyl (C=O) groups excluding carboxylic acids is 2. The van der Waals surface area contributed by atoms with E-state index in [9.17, 15) is 9.59 Å². The molecular formula is C35H70N4O4. The Morgan fingerprint density at radius 3 is 1.72 bits per heavy atom. The summed E-state index contributed by atoms with van der Waals surface area (Å²) >= 11 is 0. The van der Waals surface area contributed by atoms with Gasteiger partial charge in [0.2, 0.25) is 0 Å². The SMILES string of the molecule is CCCCC(CC)COC(=O)CCN1CCN(C)CC1.CCCCC(CC)COC(=O)CCNCCCN1CCCCC1. The third kappa shape index (κ3) is 22.0. The predicted octanol–water partition coefficient (Wildman–Crippen LogP) is 5.99. The summed E-state index contributed by atoms with van der Waals surface area (Å²) in [6.45, 7) is 20.6. The molecule has 0 aromatic carbocycles. The van der Waals surface area contributed by atoms with Crippen LogP contribution in [0, 0.1) is 11.8 Å². The molecule has 2 rings (SSSR count). The van der Waals surface area contributed by atoms with Crippen LogP contribution in [-0.2, 0) is 19.1 Å². The second-order valence-corrected chi connectivity index (χ2v) is 12.8. The maximum atomic E-state index is 11.8. The first kappa shape index (κ1) is 39.8. The molecule has 43 heavy (non-hydrogen) atoms. The van der Waals surface area contributed by atoms with Crippen molar-refractivity contribution in [2.24, 2.45) is 11.8 Å². The molecule has 2 atom stereocenters. The Labute approximate surface area is 266 Å². The zero-order valence-corrected chi connectivity index (χ0v) is 29.0. The van der Waals surface area contributed by atoms with Gasteiger partial charge in [-0.1, -0.05) is 72.6 Å². The average Bonchev–Trinajstić information content (AvgIpc) is 3.03. The topological polar surface area (TPSA) is 74.3 Å². The fourth-order valence-electron chi connectivity index (χ4n) is 5.61. The van der Waals surface area contributed by atoms with Crippen LogP contribution in [0.5, 0.6) is 0 Å². The normalized spacial score (nSPS) is 18.0. The number of piperazine rings is 1. The van der Waals surface area contributed by atoms with Gasteiger partial charge in [-0.15, -0.1) is 0 Å². The quantitative estimate of drug-likeness (QED) is 0.118. The van der Waals surface area contributed by atoms with Gasteiger partial charge >= 0.3 is 11.9 Å². The molecule has 2 unspecified atom stereocenters. The summed E-state index contributed by atoms with van der Waals surface area (Å²) in [6.07, 6.45) is 15.8. The zero-order chi connectivity index (χ0) is 31.5. The van der Waals surface area contributed by atoms with Crippen LogP contribution < -0.4 is 5.32 Å². The lowest BCUT2D eigenvalue weighted by Crippen LogP contribution is -2.45. The second-order valence-electron chi connectivity index (χ2n) is 12.8. The highest BCUT2D eigenvalue weighted by atomic mass is 16.5. The third-order valence-corrected chi connectivity index (χ3v) is 9.06. The van der Waals surface area contributed by atoms with Crippen molar-refractivity contribution in [2.45, 2.75) is 118 Å². The van der Waals surface area contributed by atoms with E-state index in [1.54, 1.807) is 0 Å². The maximum Gasteiger partial charge on any atom is 0.307 e. The minimum atomic E-state index is -0.0523. The maximum absolute atomic E-state index is 11.8. The van der Waals surface area contributed by atoms with Crippen LogP contribution in [0.1, 0.15) is 118 Å². The summed E-state index contributed by atoms with van der Waals surface area (Å²) in [5.74, 6) is 1.00. The number of nitrogens with one attached hydrogen (secondary N) is 1. The van der Waals surface area contributed by atoms with Gasteiger partial charge in [-0.05, 0) is 77.2 Å². The minimum Gasteiger partial charge on any atom is -0.465 e. The molecular weight excluding hydrogens is 540 g/mol. The van der Waals surface area contributed by atoms with Crippen LogP contribution in [0.3, 0.4) is 0 Å². The molecule has 0 aliphatic carbocycles. The molecule has 0 radical (unpaired) electrons. The van der Waals surface area contributed by atoms with E-state index in [1.165, 1.54) is 83.8 Å². The van der Waals surface area contributed by atoms with Gasteiger partial charge in [0, 0.05) is 39.3 Å². The first-order chi connectivity index (χ1) is 20.9. The van der Waals surface area contributed by atoms with Crippen LogP contribution in [0.25, 0.3) is 0 Å². The molecule has 2 aliphatic heterocycles. The van der Waals surface area contributed by atoms with Crippen molar-refractivity contribution in [1.82, 2.24) is 20.0 Å². The molecule has 0 spiro atoms. The average molecular weight is 611 g/mol. The van der Waals surface area contributed by atoms with E-state index in [0.29, 0.717) is 37.9 Å². The summed E-state index contributed by atoms with van der Waals surface area (Å²) in [7, 11) is 2.15. The van der Waals surface area contributed by atoms with Crippen LogP contribution in [0.15, 0.2) is 0 Å². The molecule has 254 valence electrons. The fourth-order valence-corrected chi connectivity index (χ4v) is 5.61. The Hall–Kier alpha value is -1.22. The van der Waals surface area contributed by atoms with Crippen molar-refractivity contribution in [3.63, 3.8) is 0 Å². The molecule has 8 heteroatoms. The number of hydrogen-bond acceptors (Lipinski definition) is 8. The molecule has 0 aromatic heterocycles. The zero-order valence-electron chi connectivity index (χ0n) is 29.0. The fraction of sp³-hybridized carbons (Fsp3) is 0.943. The largest absolute Gasteiger partial charge is 0.465 e. The Bertz CT molecular complexity index is 655. The van der Waals surface area contributed by atoms with Gasteiger partial charge in [0.05, 0.1) is 26.1 Å². The number of piperidine rings is 1. The van der Waals surface area contributed by atoms with Crippen LogP contribution in [0.4, 0.5) is 0 Å². The van der Waals surface area contributed by atoms with E-state index >= 15 is 0 Å². The van der Waals surface area contributed by atoms with Crippen molar-refractivity contribution in [3.05, 3.63) is 0 Å². The molecule has 2 saturated heterocycles. The van der Waals surface area contributed by atoms with Gasteiger partial charge in [-0.2, -0.15) is 0 Å². The number of unbranched alkanes of at least 4 members (excludes halogenated alkanes) is 2. The van der Waals surface area contributed by atoms with E-state index in [-0.39, 0.29) is 11.9 Å². The molecule has 0 amide bonds. The number of esters is 2. The molecule has 0 aromatic rings. The summed E-state index contributed by atoms with van der Waals surface area (Å²) in [6, 6.07) is 0. The van der Waals surface area contributed by atoms with E-state index in [0.717, 1.165) is 58.7 Å². The number of nitrogens with zero attached hydrogens (tertiary/aromatic N) is 3. The molecule has 2 heterocycles. The van der Waals surface area contributed by atoms with Gasteiger partial charge in [-0.25, -0.2) is 0 Å². The van der Waals surface area contributed by atoms with Crippen molar-refractivity contribution >= 4 is 11.9 Å². The Balaban J connectivity index is 0.000000434. The first-order valence-electron chi connectivity index (χ1n) is 18.1. The van der Waals surface area contributed by atoms with Crippen molar-refractivity contribution < 1.29 is 19.1 Å². The number of likely N-dealkylation sites (N-methyl/N-ethyl adjacent to an activating group) is 1. The molecule has 8 nitrogen and oxygen atoms in total. The molecule has 0 bridgehead atoms. The smallest absolute Gasteiger partial charge is 0.307 e. The van der Waals surface area contributed by atoms with Crippen molar-refractivity contribution in [1.29, 1.82) is 0 Å². The number of ether oxygens (including phenoxy) is 2. The monoisotopic (exact) mass is 611 g/mol. The summed E-state index contributed by atoms with van der Waals surface area (Å²) in [5.41, 5.74) is 0. The Morgan fingerprint density at radius 1 is 0.651 bits per heavy atom. The summed E-state index contributed by atoms with van der Waals surface area (Å²) in [4.78, 5) is 30.8. The molecule has 1 N–H and O–H groups in total. The lowest BCUT2D eigenvalue weighted by Gasteiger charge is -2.32. The highest BCUT2D eigenvalue weighted by Crippen LogP contribution is 2.14. The van der Waals surface area contributed by atoms with E-state index in [4.69, 9.17) is 9.47 Å². The van der Waals surface area contributed by atoms with E-state index < -0.39 is 0 Å². The molecule has 2 fully saturated rings. The molecule has 0 saturated carbocycles. The minimum absolute atomic E-state index is 0.0288. The van der Waals surface area contributed by atoms with Gasteiger partial charge in [0.25, 0.3) is 0 Å².